The number of hydrogen-bond acceptors (Lipinski definition) is 2. The molecule has 6 heteroatoms. The van der Waals surface area contributed by atoms with Gasteiger partial charge in [-0.15, -0.1) is 0 Å². The third kappa shape index (κ3) is 4.75. The summed E-state index contributed by atoms with van der Waals surface area (Å²) in [5.41, 5.74) is -0.994. The molecule has 24 heavy (non-hydrogen) atoms. The second-order valence-corrected chi connectivity index (χ2v) is 5.23. The third-order valence-electron chi connectivity index (χ3n) is 3.34. The Morgan fingerprint density at radius 2 is 1.88 bits per heavy atom. The molecule has 0 aromatic heterocycles. The minimum absolute atomic E-state index is 0.381. The van der Waals surface area contributed by atoms with Crippen molar-refractivity contribution in [1.82, 2.24) is 0 Å². The van der Waals surface area contributed by atoms with Crippen LogP contribution in [0.5, 0.6) is 5.75 Å². The fourth-order valence-electron chi connectivity index (χ4n) is 2.12. The fraction of sp³-hybridized carbons (Fsp3) is 0.278. The van der Waals surface area contributed by atoms with E-state index in [4.69, 9.17) is 4.74 Å². The van der Waals surface area contributed by atoms with Gasteiger partial charge in [-0.1, -0.05) is 31.5 Å². The minimum Gasteiger partial charge on any atom is -0.494 e. The molecule has 0 aliphatic rings. The number of carbonyl (C=O) groups is 1. The van der Waals surface area contributed by atoms with Gasteiger partial charge in [0.25, 0.3) is 5.91 Å². The average Bonchev–Trinajstić information content (AvgIpc) is 2.55. The van der Waals surface area contributed by atoms with E-state index in [1.165, 1.54) is 12.1 Å². The molecule has 0 saturated heterocycles. The Hall–Kier alpha value is -2.50. The number of benzene rings is 2. The predicted molar refractivity (Wildman–Crippen MR) is 86.2 cm³/mol. The maximum Gasteiger partial charge on any atom is 0.417 e. The Bertz CT molecular complexity index is 699. The van der Waals surface area contributed by atoms with Crippen LogP contribution in [0.15, 0.2) is 48.5 Å². The van der Waals surface area contributed by atoms with Crippen molar-refractivity contribution in [2.45, 2.75) is 25.9 Å². The number of halogens is 3. The zero-order valence-corrected chi connectivity index (χ0v) is 13.2. The maximum absolute atomic E-state index is 13.0. The molecule has 0 unspecified atom stereocenters. The number of rotatable bonds is 6. The summed E-state index contributed by atoms with van der Waals surface area (Å²) in [6.45, 7) is 2.59. The van der Waals surface area contributed by atoms with Crippen LogP contribution in [0.1, 0.15) is 35.7 Å². The molecular formula is C18H18F3NO2. The van der Waals surface area contributed by atoms with E-state index in [1.807, 2.05) is 6.92 Å². The molecule has 128 valence electrons. The number of hydrogen-bond donors (Lipinski definition) is 1. The van der Waals surface area contributed by atoms with E-state index in [2.05, 4.69) is 5.32 Å². The molecule has 1 N–H and O–H groups in total. The average molecular weight is 337 g/mol. The lowest BCUT2D eigenvalue weighted by molar-refractivity contribution is -0.137. The highest BCUT2D eigenvalue weighted by Crippen LogP contribution is 2.32. The molecule has 2 rings (SSSR count). The van der Waals surface area contributed by atoms with Crippen molar-refractivity contribution >= 4 is 11.6 Å². The molecule has 0 heterocycles. The summed E-state index contributed by atoms with van der Waals surface area (Å²) >= 11 is 0. The van der Waals surface area contributed by atoms with Gasteiger partial charge >= 0.3 is 6.18 Å². The van der Waals surface area contributed by atoms with Crippen LogP contribution in [0.4, 0.5) is 18.9 Å². The number of unbranched alkanes of at least 4 members (excludes halogenated alkanes) is 1. The lowest BCUT2D eigenvalue weighted by atomic mass is 10.1. The van der Waals surface area contributed by atoms with E-state index in [9.17, 15) is 18.0 Å². The summed E-state index contributed by atoms with van der Waals surface area (Å²) in [7, 11) is 0. The van der Waals surface area contributed by atoms with Crippen LogP contribution >= 0.6 is 0 Å². The molecule has 0 spiro atoms. The quantitative estimate of drug-likeness (QED) is 0.742. The van der Waals surface area contributed by atoms with Crippen LogP contribution in [0.25, 0.3) is 0 Å². The molecule has 2 aromatic rings. The van der Waals surface area contributed by atoms with Gasteiger partial charge in [-0.2, -0.15) is 13.2 Å². The Balaban J connectivity index is 2.15. The lowest BCUT2D eigenvalue weighted by Crippen LogP contribution is -2.18. The van der Waals surface area contributed by atoms with Gasteiger partial charge in [0.2, 0.25) is 0 Å². The Morgan fingerprint density at radius 3 is 2.58 bits per heavy atom. The normalized spacial score (nSPS) is 11.2. The van der Waals surface area contributed by atoms with Crippen molar-refractivity contribution in [3.8, 4) is 5.75 Å². The number of alkyl halides is 3. The second kappa shape index (κ2) is 7.86. The second-order valence-electron chi connectivity index (χ2n) is 5.23. The van der Waals surface area contributed by atoms with Crippen LogP contribution in [0.2, 0.25) is 0 Å². The smallest absolute Gasteiger partial charge is 0.417 e. The van der Waals surface area contributed by atoms with E-state index in [0.29, 0.717) is 18.0 Å². The largest absolute Gasteiger partial charge is 0.494 e. The monoisotopic (exact) mass is 337 g/mol. The van der Waals surface area contributed by atoms with Crippen molar-refractivity contribution in [3.05, 3.63) is 59.7 Å². The van der Waals surface area contributed by atoms with E-state index in [0.717, 1.165) is 25.0 Å². The number of carbonyl (C=O) groups excluding carboxylic acids is 1. The fourth-order valence-corrected chi connectivity index (χ4v) is 2.12. The molecule has 0 atom stereocenters. The summed E-state index contributed by atoms with van der Waals surface area (Å²) < 4.78 is 44.5. The first-order chi connectivity index (χ1) is 11.4. The van der Waals surface area contributed by atoms with Crippen molar-refractivity contribution in [2.75, 3.05) is 11.9 Å². The van der Waals surface area contributed by atoms with Gasteiger partial charge in [-0.05, 0) is 30.7 Å². The summed E-state index contributed by atoms with van der Waals surface area (Å²) in [5, 5.41) is 2.48. The summed E-state index contributed by atoms with van der Waals surface area (Å²) in [5.74, 6) is -0.251. The summed E-state index contributed by atoms with van der Waals surface area (Å²) in [6.07, 6.45) is -2.70. The van der Waals surface area contributed by atoms with Crippen LogP contribution in [-0.4, -0.2) is 12.5 Å². The highest BCUT2D eigenvalue weighted by atomic mass is 19.4. The molecule has 1 amide bonds. The van der Waals surface area contributed by atoms with Gasteiger partial charge in [0.1, 0.15) is 5.75 Å². The Labute approximate surface area is 138 Å². The van der Waals surface area contributed by atoms with Crippen LogP contribution < -0.4 is 10.1 Å². The summed E-state index contributed by atoms with van der Waals surface area (Å²) in [4.78, 5) is 12.2. The van der Waals surface area contributed by atoms with E-state index in [-0.39, 0.29) is 0 Å². The highest BCUT2D eigenvalue weighted by Gasteiger charge is 2.34. The number of amides is 1. The molecule has 3 nitrogen and oxygen atoms in total. The van der Waals surface area contributed by atoms with Crippen LogP contribution in [0, 0.1) is 0 Å². The lowest BCUT2D eigenvalue weighted by Gasteiger charge is -2.13. The standard InChI is InChI=1S/C18H18F3NO2/c1-2-3-11-24-14-8-6-7-13(12-14)22-17(23)15-9-4-5-10-16(15)18(19,20)21/h4-10,12H,2-3,11H2,1H3,(H,22,23). The SMILES string of the molecule is CCCCOc1cccc(NC(=O)c2ccccc2C(F)(F)F)c1. The molecule has 0 aliphatic carbocycles. The van der Waals surface area contributed by atoms with Crippen molar-refractivity contribution < 1.29 is 22.7 Å². The molecule has 0 fully saturated rings. The third-order valence-corrected chi connectivity index (χ3v) is 3.34. The van der Waals surface area contributed by atoms with Gasteiger partial charge < -0.3 is 10.1 Å². The molecule has 0 aliphatic heterocycles. The van der Waals surface area contributed by atoms with E-state index >= 15 is 0 Å². The zero-order chi connectivity index (χ0) is 17.6. The molecular weight excluding hydrogens is 319 g/mol. The first kappa shape index (κ1) is 17.8. The van der Waals surface area contributed by atoms with Crippen molar-refractivity contribution in [2.24, 2.45) is 0 Å². The predicted octanol–water partition coefficient (Wildman–Crippen LogP) is 5.14. The van der Waals surface area contributed by atoms with Gasteiger partial charge in [0.05, 0.1) is 17.7 Å². The highest BCUT2D eigenvalue weighted by molar-refractivity contribution is 6.05. The number of nitrogens with one attached hydrogen (secondary N) is 1. The van der Waals surface area contributed by atoms with Crippen molar-refractivity contribution in [1.29, 1.82) is 0 Å². The minimum atomic E-state index is -4.58. The van der Waals surface area contributed by atoms with Gasteiger partial charge in [0.15, 0.2) is 0 Å². The molecule has 0 radical (unpaired) electrons. The van der Waals surface area contributed by atoms with Crippen LogP contribution in [-0.2, 0) is 6.18 Å². The maximum atomic E-state index is 13.0. The first-order valence-electron chi connectivity index (χ1n) is 7.62. The number of ether oxygens (including phenoxy) is 1. The van der Waals surface area contributed by atoms with E-state index < -0.39 is 23.2 Å². The van der Waals surface area contributed by atoms with Crippen LogP contribution in [0.3, 0.4) is 0 Å². The molecule has 2 aromatic carbocycles. The Kier molecular flexibility index (Phi) is 5.84. The van der Waals surface area contributed by atoms with Crippen molar-refractivity contribution in [3.63, 3.8) is 0 Å². The Morgan fingerprint density at radius 1 is 1.12 bits per heavy atom. The molecule has 0 bridgehead atoms. The first-order valence-corrected chi connectivity index (χ1v) is 7.62. The molecule has 0 saturated carbocycles. The van der Waals surface area contributed by atoms with E-state index in [1.54, 1.807) is 24.3 Å². The number of anilines is 1. The zero-order valence-electron chi connectivity index (χ0n) is 13.2. The summed E-state index contributed by atoms with van der Waals surface area (Å²) in [6, 6.07) is 11.3. The van der Waals surface area contributed by atoms with Gasteiger partial charge in [-0.25, -0.2) is 0 Å². The topological polar surface area (TPSA) is 38.3 Å². The van der Waals surface area contributed by atoms with Gasteiger partial charge in [0, 0.05) is 11.8 Å². The van der Waals surface area contributed by atoms with Gasteiger partial charge in [-0.3, -0.25) is 4.79 Å².